The van der Waals surface area contributed by atoms with E-state index in [2.05, 4.69) is 21.0 Å². The number of hydrogen-bond acceptors (Lipinski definition) is 2. The lowest BCUT2D eigenvalue weighted by molar-refractivity contribution is -0.905. The molecule has 0 saturated heterocycles. The van der Waals surface area contributed by atoms with Crippen LogP contribution in [0.4, 0.5) is 5.69 Å². The standard InChI is InChI=1S/C12H21N2O/c1-4-9-14(2,3)10-15-12-8-6-5-7-11(12)13/h5-8H,4,9-10,13H2,1-3H3/q+1. The minimum Gasteiger partial charge on any atom is -0.443 e. The number of ether oxygens (including phenoxy) is 1. The van der Waals surface area contributed by atoms with Crippen LogP contribution in [0.5, 0.6) is 5.75 Å². The van der Waals surface area contributed by atoms with Gasteiger partial charge in [0, 0.05) is 0 Å². The maximum Gasteiger partial charge on any atom is 0.223 e. The van der Waals surface area contributed by atoms with Gasteiger partial charge in [-0.15, -0.1) is 0 Å². The second kappa shape index (κ2) is 5.03. The van der Waals surface area contributed by atoms with E-state index in [1.165, 1.54) is 0 Å². The number of nitrogen functional groups attached to an aromatic ring is 1. The van der Waals surface area contributed by atoms with E-state index in [0.717, 1.165) is 23.2 Å². The number of quaternary nitrogens is 1. The number of anilines is 1. The first kappa shape index (κ1) is 11.9. The third-order valence-electron chi connectivity index (χ3n) is 2.32. The van der Waals surface area contributed by atoms with E-state index < -0.39 is 0 Å². The van der Waals surface area contributed by atoms with Crippen molar-refractivity contribution in [3.05, 3.63) is 24.3 Å². The summed E-state index contributed by atoms with van der Waals surface area (Å²) < 4.78 is 6.55. The summed E-state index contributed by atoms with van der Waals surface area (Å²) in [6, 6.07) is 7.61. The highest BCUT2D eigenvalue weighted by Crippen LogP contribution is 2.20. The van der Waals surface area contributed by atoms with Crippen LogP contribution in [-0.2, 0) is 0 Å². The second-order valence-electron chi connectivity index (χ2n) is 4.47. The van der Waals surface area contributed by atoms with Crippen molar-refractivity contribution in [2.24, 2.45) is 0 Å². The zero-order valence-corrected chi connectivity index (χ0v) is 9.86. The minimum absolute atomic E-state index is 0.655. The zero-order valence-electron chi connectivity index (χ0n) is 9.86. The quantitative estimate of drug-likeness (QED) is 0.458. The Hall–Kier alpha value is -1.22. The largest absolute Gasteiger partial charge is 0.443 e. The van der Waals surface area contributed by atoms with Gasteiger partial charge in [0.2, 0.25) is 6.73 Å². The van der Waals surface area contributed by atoms with Crippen molar-refractivity contribution < 1.29 is 9.22 Å². The fourth-order valence-electron chi connectivity index (χ4n) is 1.53. The summed E-state index contributed by atoms with van der Waals surface area (Å²) in [5.41, 5.74) is 6.49. The molecule has 0 heterocycles. The molecule has 3 heteroatoms. The molecule has 0 aliphatic carbocycles. The van der Waals surface area contributed by atoms with E-state index in [1.54, 1.807) is 0 Å². The highest BCUT2D eigenvalue weighted by molar-refractivity contribution is 5.51. The zero-order chi connectivity index (χ0) is 11.3. The molecule has 0 aliphatic heterocycles. The smallest absolute Gasteiger partial charge is 0.223 e. The number of rotatable bonds is 5. The number of nitrogens with zero attached hydrogens (tertiary/aromatic N) is 1. The molecule has 0 amide bonds. The van der Waals surface area contributed by atoms with Crippen LogP contribution in [0.15, 0.2) is 24.3 Å². The molecule has 3 nitrogen and oxygen atoms in total. The molecular weight excluding hydrogens is 188 g/mol. The Kier molecular flexibility index (Phi) is 3.97. The van der Waals surface area contributed by atoms with E-state index in [0.29, 0.717) is 12.4 Å². The average Bonchev–Trinajstić information content (AvgIpc) is 2.16. The monoisotopic (exact) mass is 209 g/mol. The lowest BCUT2D eigenvalue weighted by Crippen LogP contribution is -2.43. The molecule has 1 aromatic carbocycles. The average molecular weight is 209 g/mol. The van der Waals surface area contributed by atoms with E-state index in [4.69, 9.17) is 10.5 Å². The van der Waals surface area contributed by atoms with Gasteiger partial charge in [-0.1, -0.05) is 19.1 Å². The topological polar surface area (TPSA) is 35.2 Å². The number of benzene rings is 1. The SMILES string of the molecule is CCC[N+](C)(C)COc1ccccc1N. The van der Waals surface area contributed by atoms with E-state index in [-0.39, 0.29) is 0 Å². The van der Waals surface area contributed by atoms with Crippen molar-refractivity contribution in [3.8, 4) is 5.75 Å². The van der Waals surface area contributed by atoms with Crippen LogP contribution in [0.3, 0.4) is 0 Å². The molecule has 1 rings (SSSR count). The second-order valence-corrected chi connectivity index (χ2v) is 4.47. The fraction of sp³-hybridized carbons (Fsp3) is 0.500. The van der Waals surface area contributed by atoms with Gasteiger partial charge in [-0.2, -0.15) is 0 Å². The summed E-state index contributed by atoms with van der Waals surface area (Å²) >= 11 is 0. The highest BCUT2D eigenvalue weighted by atomic mass is 16.5. The maximum atomic E-state index is 5.79. The Morgan fingerprint density at radius 3 is 2.53 bits per heavy atom. The minimum atomic E-state index is 0.655. The van der Waals surface area contributed by atoms with Gasteiger partial charge in [0.05, 0.1) is 26.3 Å². The molecule has 2 N–H and O–H groups in total. The summed E-state index contributed by atoms with van der Waals surface area (Å²) in [5.74, 6) is 0.778. The normalized spacial score (nSPS) is 11.4. The molecule has 0 saturated carbocycles. The first-order valence-electron chi connectivity index (χ1n) is 5.34. The molecule has 0 unspecified atom stereocenters. The Morgan fingerprint density at radius 2 is 1.93 bits per heavy atom. The predicted molar refractivity (Wildman–Crippen MR) is 63.6 cm³/mol. The third kappa shape index (κ3) is 3.80. The molecule has 0 aromatic heterocycles. The molecule has 0 fully saturated rings. The first-order chi connectivity index (χ1) is 7.05. The highest BCUT2D eigenvalue weighted by Gasteiger charge is 2.14. The number of para-hydroxylation sites is 2. The van der Waals surface area contributed by atoms with Crippen LogP contribution >= 0.6 is 0 Å². The van der Waals surface area contributed by atoms with Gasteiger partial charge in [-0.3, -0.25) is 4.48 Å². The van der Waals surface area contributed by atoms with Gasteiger partial charge in [0.1, 0.15) is 5.75 Å². The van der Waals surface area contributed by atoms with Crippen LogP contribution in [-0.4, -0.2) is 31.9 Å². The van der Waals surface area contributed by atoms with Crippen LogP contribution in [0, 0.1) is 0 Å². The summed E-state index contributed by atoms with van der Waals surface area (Å²) in [6.45, 7) is 3.94. The Balaban J connectivity index is 2.53. The van der Waals surface area contributed by atoms with Gasteiger partial charge >= 0.3 is 0 Å². The van der Waals surface area contributed by atoms with Crippen molar-refractivity contribution in [2.45, 2.75) is 13.3 Å². The van der Waals surface area contributed by atoms with Gasteiger partial charge in [0.15, 0.2) is 0 Å². The van der Waals surface area contributed by atoms with Gasteiger partial charge < -0.3 is 10.5 Å². The molecule has 0 aliphatic rings. The fourth-order valence-corrected chi connectivity index (χ4v) is 1.53. The molecule has 15 heavy (non-hydrogen) atoms. The molecule has 0 spiro atoms. The van der Waals surface area contributed by atoms with Crippen LogP contribution in [0.25, 0.3) is 0 Å². The summed E-state index contributed by atoms with van der Waals surface area (Å²) in [4.78, 5) is 0. The number of hydrogen-bond donors (Lipinski definition) is 1. The molecular formula is C12H21N2O+. The molecule has 0 radical (unpaired) electrons. The molecule has 84 valence electrons. The predicted octanol–water partition coefficient (Wildman–Crippen LogP) is 2.09. The van der Waals surface area contributed by atoms with E-state index in [9.17, 15) is 0 Å². The summed E-state index contributed by atoms with van der Waals surface area (Å²) in [7, 11) is 4.31. The molecule has 0 bridgehead atoms. The Labute approximate surface area is 92.0 Å². The van der Waals surface area contributed by atoms with Crippen LogP contribution in [0.2, 0.25) is 0 Å². The Morgan fingerprint density at radius 1 is 1.27 bits per heavy atom. The van der Waals surface area contributed by atoms with E-state index >= 15 is 0 Å². The van der Waals surface area contributed by atoms with Gasteiger partial charge in [0.25, 0.3) is 0 Å². The number of nitrogens with two attached hydrogens (primary N) is 1. The van der Waals surface area contributed by atoms with E-state index in [1.807, 2.05) is 24.3 Å². The molecule has 1 aromatic rings. The van der Waals surface area contributed by atoms with Crippen molar-refractivity contribution in [1.82, 2.24) is 0 Å². The summed E-state index contributed by atoms with van der Waals surface area (Å²) in [5, 5.41) is 0. The first-order valence-corrected chi connectivity index (χ1v) is 5.34. The summed E-state index contributed by atoms with van der Waals surface area (Å²) in [6.07, 6.45) is 1.15. The van der Waals surface area contributed by atoms with Crippen molar-refractivity contribution in [1.29, 1.82) is 0 Å². The van der Waals surface area contributed by atoms with Gasteiger partial charge in [-0.25, -0.2) is 0 Å². The van der Waals surface area contributed by atoms with Crippen LogP contribution < -0.4 is 10.5 Å². The van der Waals surface area contributed by atoms with Crippen molar-refractivity contribution in [2.75, 3.05) is 33.1 Å². The van der Waals surface area contributed by atoms with Gasteiger partial charge in [-0.05, 0) is 18.6 Å². The molecule has 0 atom stereocenters. The maximum absolute atomic E-state index is 5.79. The van der Waals surface area contributed by atoms with Crippen molar-refractivity contribution >= 4 is 5.69 Å². The Bertz CT molecular complexity index is 310. The third-order valence-corrected chi connectivity index (χ3v) is 2.32. The lowest BCUT2D eigenvalue weighted by atomic mass is 10.3. The van der Waals surface area contributed by atoms with Crippen molar-refractivity contribution in [3.63, 3.8) is 0 Å². The lowest BCUT2D eigenvalue weighted by Gasteiger charge is -2.28. The van der Waals surface area contributed by atoms with Crippen LogP contribution in [0.1, 0.15) is 13.3 Å².